The van der Waals surface area contributed by atoms with Crippen molar-refractivity contribution in [2.75, 3.05) is 7.05 Å². The Morgan fingerprint density at radius 2 is 1.27 bits per heavy atom. The lowest BCUT2D eigenvalue weighted by molar-refractivity contribution is -0.0866. The van der Waals surface area contributed by atoms with E-state index in [2.05, 4.69) is 30.3 Å². The number of nitrogens with zero attached hydrogens (tertiary/aromatic N) is 6. The van der Waals surface area contributed by atoms with Crippen LogP contribution in [-0.2, 0) is 7.05 Å². The predicted octanol–water partition coefficient (Wildman–Crippen LogP) is 5.97. The second kappa shape index (κ2) is 9.56. The number of rotatable bonds is 1. The van der Waals surface area contributed by atoms with E-state index in [1.54, 1.807) is 42.2 Å². The summed E-state index contributed by atoms with van der Waals surface area (Å²) >= 11 is 0. The zero-order valence-electron chi connectivity index (χ0n) is 22.9. The van der Waals surface area contributed by atoms with Crippen molar-refractivity contribution in [1.29, 1.82) is 0 Å². The summed E-state index contributed by atoms with van der Waals surface area (Å²) in [7, 11) is 3.34. The average molecular weight is 607 g/mol. The summed E-state index contributed by atoms with van der Waals surface area (Å²) in [5, 5.41) is 3.01. The van der Waals surface area contributed by atoms with Gasteiger partial charge >= 0.3 is 12.4 Å². The number of hydrogen-bond donors (Lipinski definition) is 2. The molecule has 0 saturated carbocycles. The van der Waals surface area contributed by atoms with Crippen LogP contribution in [0.1, 0.15) is 17.2 Å². The smallest absolute Gasteiger partial charge is 0.354 e. The second-order valence-electron chi connectivity index (χ2n) is 10.2. The van der Waals surface area contributed by atoms with Crippen LogP contribution in [-0.4, -0.2) is 56.0 Å². The second-order valence-corrected chi connectivity index (χ2v) is 10.2. The third kappa shape index (κ3) is 4.41. The molecule has 44 heavy (non-hydrogen) atoms. The van der Waals surface area contributed by atoms with E-state index in [0.29, 0.717) is 5.82 Å². The maximum atomic E-state index is 14.7. The number of imidazole rings is 1. The fourth-order valence-corrected chi connectivity index (χ4v) is 5.47. The van der Waals surface area contributed by atoms with Crippen LogP contribution in [0.3, 0.4) is 0 Å². The SMILES string of the molecule is CN1C=CN/C1=C1\C2=NC(=C(C(F)(F)F)C3=NC(=C(c4nccn4C)C4=NC(=C(C(F)(F)F)c5ccc1[nH]5)C=C4)C=C3)C=C2. The number of hydrogen-bond acceptors (Lipinski definition) is 6. The molecule has 2 aromatic heterocycles. The molecule has 0 amide bonds. The average Bonchev–Trinajstić information content (AvgIpc) is 3.76. The van der Waals surface area contributed by atoms with Crippen molar-refractivity contribution < 1.29 is 26.3 Å². The zero-order chi connectivity index (χ0) is 31.0. The number of alkyl halides is 6. The van der Waals surface area contributed by atoms with Gasteiger partial charge in [-0.2, -0.15) is 26.3 Å². The largest absolute Gasteiger partial charge is 0.420 e. The van der Waals surface area contributed by atoms with E-state index in [1.807, 2.05) is 0 Å². The van der Waals surface area contributed by atoms with Gasteiger partial charge in [-0.3, -0.25) is 0 Å². The number of aromatic nitrogens is 3. The summed E-state index contributed by atoms with van der Waals surface area (Å²) in [6.07, 6.45) is 4.43. The van der Waals surface area contributed by atoms with Crippen LogP contribution in [0, 0.1) is 0 Å². The van der Waals surface area contributed by atoms with E-state index in [-0.39, 0.29) is 51.2 Å². The predicted molar refractivity (Wildman–Crippen MR) is 154 cm³/mol. The first-order valence-corrected chi connectivity index (χ1v) is 13.2. The Bertz CT molecular complexity index is 1980. The molecule has 8 nitrogen and oxygen atoms in total. The Balaban J connectivity index is 1.58. The molecular formula is C30H20F6N8. The lowest BCUT2D eigenvalue weighted by Crippen LogP contribution is -2.20. The molecule has 0 fully saturated rings. The van der Waals surface area contributed by atoms with Crippen LogP contribution >= 0.6 is 0 Å². The van der Waals surface area contributed by atoms with Crippen LogP contribution in [0.2, 0.25) is 0 Å². The topological polar surface area (TPSA) is 86.0 Å². The highest BCUT2D eigenvalue weighted by Crippen LogP contribution is 2.42. The van der Waals surface area contributed by atoms with Crippen LogP contribution in [0.15, 0.2) is 117 Å². The highest BCUT2D eigenvalue weighted by Gasteiger charge is 2.42. The number of allylic oxidation sites excluding steroid dienone is 10. The van der Waals surface area contributed by atoms with Gasteiger partial charge in [-0.15, -0.1) is 0 Å². The molecule has 8 bridgehead atoms. The molecule has 0 aliphatic carbocycles. The van der Waals surface area contributed by atoms with E-state index >= 15 is 0 Å². The van der Waals surface area contributed by atoms with Gasteiger partial charge in [0.25, 0.3) is 0 Å². The third-order valence-corrected chi connectivity index (χ3v) is 7.40. The molecule has 0 aromatic carbocycles. The molecule has 0 radical (unpaired) electrons. The molecule has 0 spiro atoms. The standard InChI is InChI=1S/C30H20F6N8/c1-43-13-11-37-27(43)23-15-3-7-19(39-15)25(29(31,32)33)21-9-5-17(41-21)24(28-38-12-14-44(28)2)18-6-10-22(42-18)26(30(34,35)36)20-8-4-16(23)40-20/h3-14,37,39H,1-2H3/b24-18?,25-21?,26-20?,27-23+. The van der Waals surface area contributed by atoms with E-state index in [4.69, 9.17) is 0 Å². The molecule has 5 aliphatic rings. The molecule has 2 aromatic rings. The molecule has 0 atom stereocenters. The first kappa shape index (κ1) is 27.4. The van der Waals surface area contributed by atoms with Crippen molar-refractivity contribution in [2.45, 2.75) is 12.4 Å². The number of halogens is 6. The van der Waals surface area contributed by atoms with Crippen molar-refractivity contribution in [1.82, 2.24) is 24.8 Å². The molecule has 0 unspecified atom stereocenters. The minimum Gasteiger partial charge on any atom is -0.354 e. The molecular weight excluding hydrogens is 586 g/mol. The maximum Gasteiger partial charge on any atom is 0.420 e. The summed E-state index contributed by atoms with van der Waals surface area (Å²) in [4.78, 5) is 21.8. The highest BCUT2D eigenvalue weighted by atomic mass is 19.4. The quantitative estimate of drug-likeness (QED) is 0.393. The summed E-state index contributed by atoms with van der Waals surface area (Å²) in [6.45, 7) is 0. The van der Waals surface area contributed by atoms with Crippen molar-refractivity contribution in [3.8, 4) is 0 Å². The van der Waals surface area contributed by atoms with Gasteiger partial charge in [-0.25, -0.2) is 20.0 Å². The van der Waals surface area contributed by atoms with Crippen LogP contribution in [0.5, 0.6) is 0 Å². The zero-order valence-corrected chi connectivity index (χ0v) is 22.9. The Labute approximate surface area is 245 Å². The Hall–Kier alpha value is -5.40. The molecule has 0 saturated heterocycles. The van der Waals surface area contributed by atoms with Gasteiger partial charge in [0.1, 0.15) is 22.8 Å². The van der Waals surface area contributed by atoms with Gasteiger partial charge in [0, 0.05) is 38.9 Å². The van der Waals surface area contributed by atoms with Gasteiger partial charge in [0.15, 0.2) is 0 Å². The van der Waals surface area contributed by atoms with Gasteiger partial charge in [-0.05, 0) is 48.6 Å². The molecule has 7 heterocycles. The Morgan fingerprint density at radius 3 is 1.89 bits per heavy atom. The van der Waals surface area contributed by atoms with Crippen LogP contribution in [0.4, 0.5) is 26.3 Å². The fourth-order valence-electron chi connectivity index (χ4n) is 5.47. The number of aryl methyl sites for hydroxylation is 1. The number of aliphatic imine (C=N–C) groups is 3. The normalized spacial score (nSPS) is 21.3. The summed E-state index contributed by atoms with van der Waals surface area (Å²) in [6, 6.07) is 2.69. The summed E-state index contributed by atoms with van der Waals surface area (Å²) in [5.41, 5.74) is -2.67. The number of fused-ring (bicyclic) bond motifs is 5. The van der Waals surface area contributed by atoms with Gasteiger partial charge in [-0.1, -0.05) is 0 Å². The van der Waals surface area contributed by atoms with Gasteiger partial charge in [0.05, 0.1) is 56.8 Å². The highest BCUT2D eigenvalue weighted by molar-refractivity contribution is 6.33. The van der Waals surface area contributed by atoms with Gasteiger partial charge in [0.2, 0.25) is 0 Å². The minimum atomic E-state index is -4.84. The van der Waals surface area contributed by atoms with Gasteiger partial charge < -0.3 is 19.8 Å². The fraction of sp³-hybridized carbons (Fsp3) is 0.133. The Morgan fingerprint density at radius 1 is 0.682 bits per heavy atom. The number of nitrogens with one attached hydrogen (secondary N) is 2. The summed E-state index contributed by atoms with van der Waals surface area (Å²) in [5.74, 6) is 0.666. The lowest BCUT2D eigenvalue weighted by atomic mass is 10.1. The van der Waals surface area contributed by atoms with Crippen molar-refractivity contribution in [3.63, 3.8) is 0 Å². The van der Waals surface area contributed by atoms with Crippen LogP contribution < -0.4 is 5.32 Å². The third-order valence-electron chi connectivity index (χ3n) is 7.40. The monoisotopic (exact) mass is 606 g/mol. The van der Waals surface area contributed by atoms with Crippen molar-refractivity contribution in [2.24, 2.45) is 22.0 Å². The van der Waals surface area contributed by atoms with E-state index in [1.165, 1.54) is 54.8 Å². The molecule has 5 aliphatic heterocycles. The van der Waals surface area contributed by atoms with E-state index in [0.717, 1.165) is 0 Å². The van der Waals surface area contributed by atoms with E-state index in [9.17, 15) is 26.3 Å². The molecule has 7 rings (SSSR count). The maximum absolute atomic E-state index is 14.7. The lowest BCUT2D eigenvalue weighted by Gasteiger charge is -2.17. The summed E-state index contributed by atoms with van der Waals surface area (Å²) < 4.78 is 89.6. The Kier molecular flexibility index (Phi) is 5.96. The first-order chi connectivity index (χ1) is 20.9. The number of aromatic amines is 1. The van der Waals surface area contributed by atoms with E-state index < -0.39 is 34.9 Å². The molecule has 14 heteroatoms. The molecule has 2 N–H and O–H groups in total. The van der Waals surface area contributed by atoms with Crippen LogP contribution in [0.25, 0.3) is 16.7 Å². The van der Waals surface area contributed by atoms with Crippen molar-refractivity contribution >= 4 is 33.9 Å². The molecule has 222 valence electrons. The minimum absolute atomic E-state index is 0.0564. The van der Waals surface area contributed by atoms with Crippen molar-refractivity contribution in [3.05, 3.63) is 119 Å². The first-order valence-electron chi connectivity index (χ1n) is 13.2. The number of H-pyrrole nitrogens is 1.